The van der Waals surface area contributed by atoms with E-state index in [2.05, 4.69) is 70.8 Å². The average Bonchev–Trinajstić information content (AvgIpc) is 2.29. The molecule has 2 aromatic rings. The Morgan fingerprint density at radius 3 is 2.16 bits per heavy atom. The van der Waals surface area contributed by atoms with Crippen LogP contribution in [0.25, 0.3) is 11.1 Å². The van der Waals surface area contributed by atoms with Crippen LogP contribution in [0.4, 0.5) is 0 Å². The van der Waals surface area contributed by atoms with Crippen molar-refractivity contribution >= 4 is 43.5 Å². The molecule has 0 aliphatic heterocycles. The number of hydrogen-bond donors (Lipinski definition) is 0. The van der Waals surface area contributed by atoms with Crippen LogP contribution in [0.2, 0.25) is 5.02 Å². The third-order valence-electron chi connectivity index (χ3n) is 3.07. The van der Waals surface area contributed by atoms with Crippen molar-refractivity contribution in [2.45, 2.75) is 26.2 Å². The first-order valence-electron chi connectivity index (χ1n) is 6.05. The summed E-state index contributed by atoms with van der Waals surface area (Å²) in [6.45, 7) is 6.62. The second-order valence-electron chi connectivity index (χ2n) is 5.54. The zero-order chi connectivity index (χ0) is 14.2. The first kappa shape index (κ1) is 15.1. The van der Waals surface area contributed by atoms with Gasteiger partial charge in [-0.3, -0.25) is 0 Å². The quantitative estimate of drug-likeness (QED) is 0.490. The smallest absolute Gasteiger partial charge is 0.0496 e. The Morgan fingerprint density at radius 2 is 1.63 bits per heavy atom. The Morgan fingerprint density at radius 1 is 0.947 bits per heavy atom. The van der Waals surface area contributed by atoms with Gasteiger partial charge in [0.05, 0.1) is 0 Å². The fraction of sp³-hybridized carbons (Fsp3) is 0.250. The fourth-order valence-electron chi connectivity index (χ4n) is 1.94. The third-order valence-corrected chi connectivity index (χ3v) is 4.70. The maximum absolute atomic E-state index is 6.31. The molecule has 0 bridgehead atoms. The highest BCUT2D eigenvalue weighted by Crippen LogP contribution is 2.40. The molecule has 3 heteroatoms. The molecule has 0 atom stereocenters. The van der Waals surface area contributed by atoms with E-state index in [1.807, 2.05) is 18.2 Å². The lowest BCUT2D eigenvalue weighted by molar-refractivity contribution is 0.590. The van der Waals surface area contributed by atoms with E-state index >= 15 is 0 Å². The molecule has 0 fully saturated rings. The van der Waals surface area contributed by atoms with Crippen LogP contribution < -0.4 is 0 Å². The SMILES string of the molecule is CC(C)(C)c1ccc(-c2c(Cl)cccc2Br)c(Br)c1. The lowest BCUT2D eigenvalue weighted by atomic mass is 9.86. The van der Waals surface area contributed by atoms with E-state index in [1.54, 1.807) is 0 Å². The molecule has 0 amide bonds. The van der Waals surface area contributed by atoms with Crippen LogP contribution in [0.5, 0.6) is 0 Å². The van der Waals surface area contributed by atoms with Crippen LogP contribution in [0, 0.1) is 0 Å². The second kappa shape index (κ2) is 5.59. The summed E-state index contributed by atoms with van der Waals surface area (Å²) < 4.78 is 2.07. The molecule has 0 unspecified atom stereocenters. The maximum atomic E-state index is 6.31. The molecular formula is C16H15Br2Cl. The standard InChI is InChI=1S/C16H15Br2Cl/c1-16(2,3)10-7-8-11(13(18)9-10)15-12(17)5-4-6-14(15)19/h4-9H,1-3H3. The molecule has 0 N–H and O–H groups in total. The highest BCUT2D eigenvalue weighted by molar-refractivity contribution is 9.11. The Labute approximate surface area is 136 Å². The number of halogens is 3. The molecule has 19 heavy (non-hydrogen) atoms. The molecule has 0 heterocycles. The lowest BCUT2D eigenvalue weighted by Crippen LogP contribution is -2.10. The summed E-state index contributed by atoms with van der Waals surface area (Å²) >= 11 is 13.6. The van der Waals surface area contributed by atoms with Gasteiger partial charge in [-0.1, -0.05) is 82.4 Å². The van der Waals surface area contributed by atoms with Gasteiger partial charge in [0.15, 0.2) is 0 Å². The Kier molecular flexibility index (Phi) is 4.44. The summed E-state index contributed by atoms with van der Waals surface area (Å²) in [4.78, 5) is 0. The van der Waals surface area contributed by atoms with Gasteiger partial charge in [0.2, 0.25) is 0 Å². The minimum atomic E-state index is 0.138. The summed E-state index contributed by atoms with van der Waals surface area (Å²) in [5, 5.41) is 0.749. The van der Waals surface area contributed by atoms with E-state index in [0.29, 0.717) is 0 Å². The maximum Gasteiger partial charge on any atom is 0.0496 e. The first-order valence-corrected chi connectivity index (χ1v) is 8.01. The van der Waals surface area contributed by atoms with Crippen LogP contribution in [0.15, 0.2) is 45.3 Å². The van der Waals surface area contributed by atoms with Crippen molar-refractivity contribution in [1.82, 2.24) is 0 Å². The van der Waals surface area contributed by atoms with Gasteiger partial charge < -0.3 is 0 Å². The van der Waals surface area contributed by atoms with Crippen molar-refractivity contribution in [1.29, 1.82) is 0 Å². The summed E-state index contributed by atoms with van der Waals surface area (Å²) in [6.07, 6.45) is 0. The van der Waals surface area contributed by atoms with Crippen molar-refractivity contribution in [3.63, 3.8) is 0 Å². The van der Waals surface area contributed by atoms with Gasteiger partial charge in [-0.25, -0.2) is 0 Å². The second-order valence-corrected chi connectivity index (χ2v) is 7.66. The molecule has 100 valence electrons. The van der Waals surface area contributed by atoms with Gasteiger partial charge >= 0.3 is 0 Å². The molecule has 0 aliphatic carbocycles. The van der Waals surface area contributed by atoms with Crippen LogP contribution >= 0.6 is 43.5 Å². The van der Waals surface area contributed by atoms with Crippen molar-refractivity contribution in [2.24, 2.45) is 0 Å². The summed E-state index contributed by atoms with van der Waals surface area (Å²) in [5.41, 5.74) is 3.56. The van der Waals surface area contributed by atoms with Crippen molar-refractivity contribution in [2.75, 3.05) is 0 Å². The van der Waals surface area contributed by atoms with Gasteiger partial charge in [-0.05, 0) is 34.7 Å². The molecule has 0 spiro atoms. The highest BCUT2D eigenvalue weighted by Gasteiger charge is 2.17. The number of hydrogen-bond acceptors (Lipinski definition) is 0. The van der Waals surface area contributed by atoms with Crippen LogP contribution in [-0.4, -0.2) is 0 Å². The Hall–Kier alpha value is -0.310. The zero-order valence-electron chi connectivity index (χ0n) is 11.1. The Balaban J connectivity index is 2.59. The summed E-state index contributed by atoms with van der Waals surface area (Å²) in [5.74, 6) is 0. The molecule has 2 rings (SSSR count). The molecule has 2 aromatic carbocycles. The molecule has 0 saturated heterocycles. The van der Waals surface area contributed by atoms with E-state index in [1.165, 1.54) is 5.56 Å². The van der Waals surface area contributed by atoms with E-state index < -0.39 is 0 Å². The zero-order valence-corrected chi connectivity index (χ0v) is 15.0. The molecular weight excluding hydrogens is 387 g/mol. The highest BCUT2D eigenvalue weighted by atomic mass is 79.9. The largest absolute Gasteiger partial charge is 0.0836 e. The lowest BCUT2D eigenvalue weighted by Gasteiger charge is -2.20. The minimum Gasteiger partial charge on any atom is -0.0836 e. The minimum absolute atomic E-state index is 0.138. The number of benzene rings is 2. The first-order chi connectivity index (χ1) is 8.80. The molecule has 0 aliphatic rings. The average molecular weight is 403 g/mol. The van der Waals surface area contributed by atoms with Gasteiger partial charge in [0.25, 0.3) is 0 Å². The van der Waals surface area contributed by atoms with Crippen LogP contribution in [0.1, 0.15) is 26.3 Å². The van der Waals surface area contributed by atoms with E-state index in [4.69, 9.17) is 11.6 Å². The van der Waals surface area contributed by atoms with Gasteiger partial charge in [0, 0.05) is 19.5 Å². The Bertz CT molecular complexity index is 592. The van der Waals surface area contributed by atoms with Crippen LogP contribution in [0.3, 0.4) is 0 Å². The van der Waals surface area contributed by atoms with Gasteiger partial charge in [0.1, 0.15) is 0 Å². The predicted octanol–water partition coefficient (Wildman–Crippen LogP) is 6.83. The van der Waals surface area contributed by atoms with Crippen molar-refractivity contribution in [3.8, 4) is 11.1 Å². The fourth-order valence-corrected chi connectivity index (χ4v) is 3.49. The molecule has 0 radical (unpaired) electrons. The van der Waals surface area contributed by atoms with E-state index in [0.717, 1.165) is 25.1 Å². The normalized spacial score (nSPS) is 11.7. The van der Waals surface area contributed by atoms with Gasteiger partial charge in [-0.2, -0.15) is 0 Å². The van der Waals surface area contributed by atoms with Crippen molar-refractivity contribution in [3.05, 3.63) is 55.9 Å². The topological polar surface area (TPSA) is 0 Å². The number of rotatable bonds is 1. The molecule has 0 nitrogen and oxygen atoms in total. The third kappa shape index (κ3) is 3.24. The molecule has 0 saturated carbocycles. The predicted molar refractivity (Wildman–Crippen MR) is 91.0 cm³/mol. The summed E-state index contributed by atoms with van der Waals surface area (Å²) in [6, 6.07) is 12.3. The van der Waals surface area contributed by atoms with Crippen molar-refractivity contribution < 1.29 is 0 Å². The monoisotopic (exact) mass is 400 g/mol. The molecule has 0 aromatic heterocycles. The summed E-state index contributed by atoms with van der Waals surface area (Å²) in [7, 11) is 0. The van der Waals surface area contributed by atoms with E-state index in [-0.39, 0.29) is 5.41 Å². The van der Waals surface area contributed by atoms with Crippen LogP contribution in [-0.2, 0) is 5.41 Å². The van der Waals surface area contributed by atoms with Gasteiger partial charge in [-0.15, -0.1) is 0 Å². The van der Waals surface area contributed by atoms with E-state index in [9.17, 15) is 0 Å².